The predicted molar refractivity (Wildman–Crippen MR) is 94.2 cm³/mol. The second-order valence-corrected chi connectivity index (χ2v) is 6.27. The zero-order valence-corrected chi connectivity index (χ0v) is 13.6. The van der Waals surface area contributed by atoms with Gasteiger partial charge in [0.2, 0.25) is 0 Å². The van der Waals surface area contributed by atoms with Crippen LogP contribution >= 0.6 is 0 Å². The molecule has 0 spiro atoms. The third kappa shape index (κ3) is 2.60. The minimum Gasteiger partial charge on any atom is -0.305 e. The molecule has 0 N–H and O–H groups in total. The Balaban J connectivity index is 1.58. The number of amides is 1. The molecule has 2 heterocycles. The average molecular weight is 317 g/mol. The highest BCUT2D eigenvalue weighted by molar-refractivity contribution is 6.07. The van der Waals surface area contributed by atoms with Crippen LogP contribution in [0.4, 0.5) is 5.69 Å². The molecular formula is C20H19N3O. The predicted octanol–water partition coefficient (Wildman–Crippen LogP) is 3.52. The third-order valence-corrected chi connectivity index (χ3v) is 4.49. The van der Waals surface area contributed by atoms with Gasteiger partial charge in [0, 0.05) is 17.9 Å². The summed E-state index contributed by atoms with van der Waals surface area (Å²) in [4.78, 5) is 14.8. The van der Waals surface area contributed by atoms with Gasteiger partial charge >= 0.3 is 0 Å². The van der Waals surface area contributed by atoms with Gasteiger partial charge in [-0.1, -0.05) is 48.5 Å². The number of fused-ring (bicyclic) bond motifs is 1. The highest BCUT2D eigenvalue weighted by atomic mass is 16.2. The summed E-state index contributed by atoms with van der Waals surface area (Å²) in [7, 11) is 0. The Morgan fingerprint density at radius 3 is 2.71 bits per heavy atom. The topological polar surface area (TPSA) is 38.1 Å². The number of carbonyl (C=O) groups is 1. The quantitative estimate of drug-likeness (QED) is 0.741. The SMILES string of the molecule is C[C@@H]1Cc2ccccc2N1C(=O)c1cnn(Cc2ccccc2)c1. The lowest BCUT2D eigenvalue weighted by Gasteiger charge is -2.21. The molecule has 0 unspecified atom stereocenters. The van der Waals surface area contributed by atoms with Crippen LogP contribution in [-0.2, 0) is 13.0 Å². The van der Waals surface area contributed by atoms with Gasteiger partial charge in [0.05, 0.1) is 18.3 Å². The van der Waals surface area contributed by atoms with Crippen LogP contribution in [0.2, 0.25) is 0 Å². The number of para-hydroxylation sites is 1. The van der Waals surface area contributed by atoms with Crippen LogP contribution in [0.3, 0.4) is 0 Å². The summed E-state index contributed by atoms with van der Waals surface area (Å²) in [6.45, 7) is 2.76. The molecule has 1 aliphatic rings. The van der Waals surface area contributed by atoms with E-state index in [1.807, 2.05) is 52.2 Å². The Kier molecular flexibility index (Phi) is 3.65. The molecule has 0 saturated carbocycles. The van der Waals surface area contributed by atoms with Gasteiger partial charge in [0.1, 0.15) is 0 Å². The zero-order chi connectivity index (χ0) is 16.5. The summed E-state index contributed by atoms with van der Waals surface area (Å²) >= 11 is 0. The summed E-state index contributed by atoms with van der Waals surface area (Å²) in [5, 5.41) is 4.35. The van der Waals surface area contributed by atoms with Gasteiger partial charge < -0.3 is 4.90 Å². The minimum atomic E-state index is 0.0201. The van der Waals surface area contributed by atoms with E-state index in [1.165, 1.54) is 11.1 Å². The molecule has 4 heteroatoms. The molecule has 0 saturated heterocycles. The Bertz CT molecular complexity index is 869. The highest BCUT2D eigenvalue weighted by Crippen LogP contribution is 2.32. The number of carbonyl (C=O) groups excluding carboxylic acids is 1. The monoisotopic (exact) mass is 317 g/mol. The van der Waals surface area contributed by atoms with Crippen molar-refractivity contribution in [2.45, 2.75) is 25.9 Å². The lowest BCUT2D eigenvalue weighted by atomic mass is 10.1. The summed E-state index contributed by atoms with van der Waals surface area (Å²) in [5.74, 6) is 0.0201. The highest BCUT2D eigenvalue weighted by Gasteiger charge is 2.31. The maximum atomic E-state index is 13.0. The zero-order valence-electron chi connectivity index (χ0n) is 13.6. The molecule has 1 aromatic heterocycles. The number of hydrogen-bond donors (Lipinski definition) is 0. The van der Waals surface area contributed by atoms with Crippen molar-refractivity contribution in [3.8, 4) is 0 Å². The Morgan fingerprint density at radius 1 is 1.12 bits per heavy atom. The Labute approximate surface area is 141 Å². The second-order valence-electron chi connectivity index (χ2n) is 6.27. The second kappa shape index (κ2) is 5.96. The maximum absolute atomic E-state index is 13.0. The molecule has 120 valence electrons. The largest absolute Gasteiger partial charge is 0.305 e. The van der Waals surface area contributed by atoms with Crippen molar-refractivity contribution < 1.29 is 4.79 Å². The summed E-state index contributed by atoms with van der Waals surface area (Å²) in [5.41, 5.74) is 4.05. The first-order valence-corrected chi connectivity index (χ1v) is 8.20. The molecule has 24 heavy (non-hydrogen) atoms. The molecule has 1 amide bonds. The van der Waals surface area contributed by atoms with Gasteiger partial charge in [-0.3, -0.25) is 9.48 Å². The van der Waals surface area contributed by atoms with Gasteiger partial charge in [0.15, 0.2) is 0 Å². The molecule has 0 bridgehead atoms. The standard InChI is InChI=1S/C20H19N3O/c1-15-11-17-9-5-6-10-19(17)23(15)20(24)18-12-21-22(14-18)13-16-7-3-2-4-8-16/h2-10,12,14-15H,11,13H2,1H3/t15-/m1/s1. The van der Waals surface area contributed by atoms with E-state index >= 15 is 0 Å². The number of benzene rings is 2. The molecular weight excluding hydrogens is 298 g/mol. The normalized spacial score (nSPS) is 16.2. The molecule has 0 radical (unpaired) electrons. The summed E-state index contributed by atoms with van der Waals surface area (Å²) in [6, 6.07) is 18.4. The first kappa shape index (κ1) is 14.7. The number of anilines is 1. The fraction of sp³-hybridized carbons (Fsp3) is 0.200. The van der Waals surface area contributed by atoms with E-state index in [9.17, 15) is 4.79 Å². The van der Waals surface area contributed by atoms with E-state index in [2.05, 4.69) is 30.2 Å². The lowest BCUT2D eigenvalue weighted by molar-refractivity contribution is 0.0981. The van der Waals surface area contributed by atoms with Crippen molar-refractivity contribution >= 4 is 11.6 Å². The molecule has 0 aliphatic carbocycles. The number of rotatable bonds is 3. The van der Waals surface area contributed by atoms with Crippen LogP contribution in [0.1, 0.15) is 28.4 Å². The van der Waals surface area contributed by atoms with Gasteiger partial charge in [-0.2, -0.15) is 5.10 Å². The van der Waals surface area contributed by atoms with Crippen LogP contribution in [0, 0.1) is 0 Å². The van der Waals surface area contributed by atoms with E-state index in [1.54, 1.807) is 6.20 Å². The maximum Gasteiger partial charge on any atom is 0.261 e. The average Bonchev–Trinajstić information content (AvgIpc) is 3.19. The third-order valence-electron chi connectivity index (χ3n) is 4.49. The molecule has 4 nitrogen and oxygen atoms in total. The van der Waals surface area contributed by atoms with E-state index in [4.69, 9.17) is 0 Å². The van der Waals surface area contributed by atoms with Crippen LogP contribution in [0.5, 0.6) is 0 Å². The first-order chi connectivity index (χ1) is 11.7. The van der Waals surface area contributed by atoms with Crippen molar-refractivity contribution in [1.82, 2.24) is 9.78 Å². The van der Waals surface area contributed by atoms with Crippen molar-refractivity contribution in [3.05, 3.63) is 83.7 Å². The molecule has 1 aliphatic heterocycles. The van der Waals surface area contributed by atoms with Crippen molar-refractivity contribution in [3.63, 3.8) is 0 Å². The van der Waals surface area contributed by atoms with Crippen molar-refractivity contribution in [2.24, 2.45) is 0 Å². The van der Waals surface area contributed by atoms with Crippen LogP contribution in [0.15, 0.2) is 67.0 Å². The van der Waals surface area contributed by atoms with Gasteiger partial charge in [-0.25, -0.2) is 0 Å². The lowest BCUT2D eigenvalue weighted by Crippen LogP contribution is -2.35. The fourth-order valence-electron chi connectivity index (χ4n) is 3.35. The molecule has 3 aromatic rings. The van der Waals surface area contributed by atoms with E-state index < -0.39 is 0 Å². The summed E-state index contributed by atoms with van der Waals surface area (Å²) in [6.07, 6.45) is 4.40. The van der Waals surface area contributed by atoms with E-state index in [-0.39, 0.29) is 11.9 Å². The van der Waals surface area contributed by atoms with Crippen LogP contribution in [0.25, 0.3) is 0 Å². The van der Waals surface area contributed by atoms with Gasteiger partial charge in [-0.05, 0) is 30.5 Å². The Morgan fingerprint density at radius 2 is 1.88 bits per heavy atom. The first-order valence-electron chi connectivity index (χ1n) is 8.20. The molecule has 1 atom stereocenters. The van der Waals surface area contributed by atoms with Gasteiger partial charge in [0.25, 0.3) is 5.91 Å². The Hall–Kier alpha value is -2.88. The number of nitrogens with zero attached hydrogens (tertiary/aromatic N) is 3. The van der Waals surface area contributed by atoms with Crippen molar-refractivity contribution in [2.75, 3.05) is 4.90 Å². The fourth-order valence-corrected chi connectivity index (χ4v) is 3.35. The number of aromatic nitrogens is 2. The summed E-state index contributed by atoms with van der Waals surface area (Å²) < 4.78 is 1.81. The van der Waals surface area contributed by atoms with E-state index in [0.29, 0.717) is 12.1 Å². The van der Waals surface area contributed by atoms with Crippen LogP contribution < -0.4 is 4.90 Å². The molecule has 4 rings (SSSR count). The molecule has 0 fully saturated rings. The number of hydrogen-bond acceptors (Lipinski definition) is 2. The molecule has 2 aromatic carbocycles. The smallest absolute Gasteiger partial charge is 0.261 e. The van der Waals surface area contributed by atoms with E-state index in [0.717, 1.165) is 12.1 Å². The van der Waals surface area contributed by atoms with Gasteiger partial charge in [-0.15, -0.1) is 0 Å². The minimum absolute atomic E-state index is 0.0201. The van der Waals surface area contributed by atoms with Crippen LogP contribution in [-0.4, -0.2) is 21.7 Å². The van der Waals surface area contributed by atoms with Crippen molar-refractivity contribution in [1.29, 1.82) is 0 Å².